The van der Waals surface area contributed by atoms with E-state index in [2.05, 4.69) is 68.3 Å². The Morgan fingerprint density at radius 3 is 2.25 bits per heavy atom. The molecule has 2 fully saturated rings. The lowest BCUT2D eigenvalue weighted by Gasteiger charge is -2.55. The molecule has 0 radical (unpaired) electrons. The third-order valence-electron chi connectivity index (χ3n) is 3.85. The number of fused-ring (bicyclic) bond motifs is 2. The zero-order valence-corrected chi connectivity index (χ0v) is 12.2. The molecule has 1 aromatic carbocycles. The van der Waals surface area contributed by atoms with Crippen LogP contribution >= 0.6 is 31.9 Å². The van der Waals surface area contributed by atoms with Crippen molar-refractivity contribution in [3.05, 3.63) is 41.5 Å². The molecule has 0 N–H and O–H groups in total. The molecule has 0 spiro atoms. The van der Waals surface area contributed by atoms with Gasteiger partial charge in [0.1, 0.15) is 0 Å². The number of allylic oxidation sites excluding steroid dienone is 1. The lowest BCUT2D eigenvalue weighted by atomic mass is 9.60. The molecule has 0 amide bonds. The molecule has 2 bridgehead atoms. The molecule has 0 heterocycles. The van der Waals surface area contributed by atoms with E-state index < -0.39 is 0 Å². The fraction of sp³-hybridized carbons (Fsp3) is 0.429. The molecule has 3 rings (SSSR count). The van der Waals surface area contributed by atoms with Gasteiger partial charge in [0.15, 0.2) is 0 Å². The maximum absolute atomic E-state index is 3.84. The van der Waals surface area contributed by atoms with Crippen LogP contribution in [0.2, 0.25) is 0 Å². The molecule has 0 saturated heterocycles. The second-order valence-electron chi connectivity index (χ2n) is 4.77. The number of benzene rings is 1. The highest BCUT2D eigenvalue weighted by Crippen LogP contribution is 2.65. The molecule has 2 unspecified atom stereocenters. The van der Waals surface area contributed by atoms with Crippen LogP contribution in [0, 0.1) is 11.8 Å². The van der Waals surface area contributed by atoms with Crippen molar-refractivity contribution >= 4 is 37.9 Å². The van der Waals surface area contributed by atoms with Gasteiger partial charge in [0, 0.05) is 11.8 Å². The molecule has 2 aliphatic carbocycles. The highest BCUT2D eigenvalue weighted by Gasteiger charge is 2.57. The summed E-state index contributed by atoms with van der Waals surface area (Å²) < 4.78 is 0.193. The SMILES string of the molecule is BrC1(Br)C2CCCC1C2=Cc1ccccc1. The Morgan fingerprint density at radius 1 is 1.06 bits per heavy atom. The number of alkyl halides is 2. The van der Waals surface area contributed by atoms with E-state index in [1.807, 2.05) is 0 Å². The van der Waals surface area contributed by atoms with Crippen LogP contribution in [-0.2, 0) is 0 Å². The number of hydrogen-bond acceptors (Lipinski definition) is 0. The Bertz CT molecular complexity index is 404. The fourth-order valence-electron chi connectivity index (χ4n) is 3.02. The smallest absolute Gasteiger partial charge is 0.0714 e. The van der Waals surface area contributed by atoms with Gasteiger partial charge in [-0.2, -0.15) is 0 Å². The van der Waals surface area contributed by atoms with Gasteiger partial charge in [-0.15, -0.1) is 0 Å². The molecule has 2 atom stereocenters. The average Bonchev–Trinajstić information content (AvgIpc) is 2.31. The number of halogens is 2. The molecule has 16 heavy (non-hydrogen) atoms. The lowest BCUT2D eigenvalue weighted by molar-refractivity contribution is 0.218. The first kappa shape index (κ1) is 11.0. The van der Waals surface area contributed by atoms with Crippen molar-refractivity contribution in [2.45, 2.75) is 22.5 Å². The first-order valence-corrected chi connectivity index (χ1v) is 7.42. The summed E-state index contributed by atoms with van der Waals surface area (Å²) in [6.07, 6.45) is 6.38. The van der Waals surface area contributed by atoms with Crippen molar-refractivity contribution in [3.63, 3.8) is 0 Å². The van der Waals surface area contributed by atoms with E-state index in [9.17, 15) is 0 Å². The van der Waals surface area contributed by atoms with E-state index in [4.69, 9.17) is 0 Å². The Balaban J connectivity index is 1.91. The minimum atomic E-state index is 0.193. The summed E-state index contributed by atoms with van der Waals surface area (Å²) >= 11 is 7.67. The van der Waals surface area contributed by atoms with Crippen LogP contribution in [0.4, 0.5) is 0 Å². The fourth-order valence-corrected chi connectivity index (χ4v) is 4.99. The van der Waals surface area contributed by atoms with Crippen molar-refractivity contribution in [2.75, 3.05) is 0 Å². The van der Waals surface area contributed by atoms with Gasteiger partial charge in [0.2, 0.25) is 0 Å². The van der Waals surface area contributed by atoms with Crippen LogP contribution < -0.4 is 0 Å². The molecule has 2 aliphatic rings. The predicted molar refractivity (Wildman–Crippen MR) is 75.8 cm³/mol. The summed E-state index contributed by atoms with van der Waals surface area (Å²) in [6.45, 7) is 0. The molecule has 0 aromatic heterocycles. The van der Waals surface area contributed by atoms with Gasteiger partial charge >= 0.3 is 0 Å². The zero-order valence-electron chi connectivity index (χ0n) is 9.00. The van der Waals surface area contributed by atoms with Crippen LogP contribution in [-0.4, -0.2) is 3.23 Å². The minimum absolute atomic E-state index is 0.193. The van der Waals surface area contributed by atoms with Gasteiger partial charge in [-0.1, -0.05) is 80.3 Å². The summed E-state index contributed by atoms with van der Waals surface area (Å²) in [6, 6.07) is 10.7. The molecule has 84 valence electrons. The van der Waals surface area contributed by atoms with E-state index >= 15 is 0 Å². The summed E-state index contributed by atoms with van der Waals surface area (Å²) in [5, 5.41) is 0. The standard InChI is InChI=1S/C14H14Br2/c15-14(16)12-7-4-8-13(14)11(12)9-10-5-2-1-3-6-10/h1-3,5-6,9,12-13H,4,7-8H2. The molecule has 1 aromatic rings. The first-order chi connectivity index (χ1) is 7.69. The zero-order chi connectivity index (χ0) is 11.2. The normalized spacial score (nSPS) is 30.8. The van der Waals surface area contributed by atoms with Gasteiger partial charge in [0.05, 0.1) is 3.23 Å². The summed E-state index contributed by atoms with van der Waals surface area (Å²) in [5.74, 6) is 1.37. The Kier molecular flexibility index (Phi) is 2.75. The summed E-state index contributed by atoms with van der Waals surface area (Å²) in [7, 11) is 0. The highest BCUT2D eigenvalue weighted by atomic mass is 79.9. The van der Waals surface area contributed by atoms with Gasteiger partial charge in [-0.05, 0) is 18.4 Å². The molecule has 2 saturated carbocycles. The Hall–Kier alpha value is -0.0800. The van der Waals surface area contributed by atoms with Crippen LogP contribution in [0.3, 0.4) is 0 Å². The van der Waals surface area contributed by atoms with Crippen molar-refractivity contribution in [1.29, 1.82) is 0 Å². The van der Waals surface area contributed by atoms with E-state index in [1.165, 1.54) is 24.8 Å². The largest absolute Gasteiger partial charge is 0.0935 e. The number of hydrogen-bond donors (Lipinski definition) is 0. The molecule has 0 nitrogen and oxygen atoms in total. The second-order valence-corrected chi connectivity index (χ2v) is 8.45. The molecule has 2 heteroatoms. The van der Waals surface area contributed by atoms with Crippen LogP contribution in [0.1, 0.15) is 24.8 Å². The predicted octanol–water partition coefficient (Wildman–Crippen LogP) is 4.99. The van der Waals surface area contributed by atoms with Crippen LogP contribution in [0.5, 0.6) is 0 Å². The van der Waals surface area contributed by atoms with Gasteiger partial charge in [-0.3, -0.25) is 0 Å². The topological polar surface area (TPSA) is 0 Å². The third kappa shape index (κ3) is 1.62. The Labute approximate surface area is 113 Å². The van der Waals surface area contributed by atoms with Crippen LogP contribution in [0.25, 0.3) is 6.08 Å². The van der Waals surface area contributed by atoms with E-state index in [1.54, 1.807) is 5.57 Å². The summed E-state index contributed by atoms with van der Waals surface area (Å²) in [5.41, 5.74) is 2.97. The maximum Gasteiger partial charge on any atom is 0.0935 e. The van der Waals surface area contributed by atoms with E-state index in [-0.39, 0.29) is 3.23 Å². The highest BCUT2D eigenvalue weighted by molar-refractivity contribution is 9.25. The monoisotopic (exact) mass is 340 g/mol. The van der Waals surface area contributed by atoms with E-state index in [0.717, 1.165) is 0 Å². The average molecular weight is 342 g/mol. The number of rotatable bonds is 1. The quantitative estimate of drug-likeness (QED) is 0.631. The first-order valence-electron chi connectivity index (χ1n) is 5.84. The molecular weight excluding hydrogens is 328 g/mol. The minimum Gasteiger partial charge on any atom is -0.0714 e. The van der Waals surface area contributed by atoms with Gasteiger partial charge in [0.25, 0.3) is 0 Å². The van der Waals surface area contributed by atoms with Crippen molar-refractivity contribution < 1.29 is 0 Å². The van der Waals surface area contributed by atoms with Gasteiger partial charge in [-0.25, -0.2) is 0 Å². The second kappa shape index (κ2) is 3.99. The third-order valence-corrected chi connectivity index (χ3v) is 6.06. The van der Waals surface area contributed by atoms with Crippen molar-refractivity contribution in [3.8, 4) is 0 Å². The maximum atomic E-state index is 3.84. The Morgan fingerprint density at radius 2 is 1.69 bits per heavy atom. The molecule has 0 aliphatic heterocycles. The van der Waals surface area contributed by atoms with Gasteiger partial charge < -0.3 is 0 Å². The summed E-state index contributed by atoms with van der Waals surface area (Å²) in [4.78, 5) is 0. The van der Waals surface area contributed by atoms with Crippen molar-refractivity contribution in [2.24, 2.45) is 11.8 Å². The lowest BCUT2D eigenvalue weighted by Crippen LogP contribution is -2.51. The van der Waals surface area contributed by atoms with E-state index in [0.29, 0.717) is 11.8 Å². The molecular formula is C14H14Br2. The van der Waals surface area contributed by atoms with Crippen LogP contribution in [0.15, 0.2) is 35.9 Å². The van der Waals surface area contributed by atoms with Crippen molar-refractivity contribution in [1.82, 2.24) is 0 Å².